The van der Waals surface area contributed by atoms with Crippen molar-refractivity contribution in [2.45, 2.75) is 45.4 Å². The van der Waals surface area contributed by atoms with E-state index in [-0.39, 0.29) is 17.2 Å². The first-order valence-corrected chi connectivity index (χ1v) is 15.6. The normalized spacial score (nSPS) is 13.3. The van der Waals surface area contributed by atoms with E-state index in [1.807, 2.05) is 69.3 Å². The molecular weight excluding hydrogens is 549 g/mol. The van der Waals surface area contributed by atoms with E-state index in [1.54, 1.807) is 15.9 Å². The number of fused-ring (bicyclic) bond motifs is 3. The minimum absolute atomic E-state index is 0.0645. The number of carbonyl (C=O) groups is 1. The van der Waals surface area contributed by atoms with Gasteiger partial charge in [-0.05, 0) is 67.6 Å². The highest BCUT2D eigenvalue weighted by Gasteiger charge is 2.26. The molecule has 0 radical (unpaired) electrons. The number of aryl methyl sites for hydroxylation is 3. The lowest BCUT2D eigenvalue weighted by atomic mass is 10.0. The van der Waals surface area contributed by atoms with Gasteiger partial charge in [0.1, 0.15) is 4.83 Å². The monoisotopic (exact) mass is 580 g/mol. The van der Waals surface area contributed by atoms with Crippen LogP contribution in [0.4, 0.5) is 5.69 Å². The molecule has 0 fully saturated rings. The first kappa shape index (κ1) is 27.4. The maximum absolute atomic E-state index is 14.2. The number of thioether (sulfide) groups is 1. The number of aromatic nitrogens is 2. The standard InChI is InChI=1S/C33H32N4O2S2/c1-21-10-13-25(14-11-21)37-32(39)30-26-15-16-36(18-24-7-5-4-6-8-24)19-28(26)41-31(30)35-33(37)40-20-29(38)34-27-17-22(2)9-12-23(27)3/h4-14,17H,15-16,18-20H2,1-3H3,(H,34,38). The van der Waals surface area contributed by atoms with Gasteiger partial charge in [-0.3, -0.25) is 19.1 Å². The Labute approximate surface area is 248 Å². The van der Waals surface area contributed by atoms with Crippen molar-refractivity contribution in [3.05, 3.63) is 116 Å². The number of rotatable bonds is 7. The molecule has 3 heterocycles. The summed E-state index contributed by atoms with van der Waals surface area (Å²) in [6.07, 6.45) is 0.817. The van der Waals surface area contributed by atoms with Gasteiger partial charge in [-0.2, -0.15) is 0 Å². The fourth-order valence-corrected chi connectivity index (χ4v) is 7.37. The number of anilines is 1. The summed E-state index contributed by atoms with van der Waals surface area (Å²) < 4.78 is 1.68. The quantitative estimate of drug-likeness (QED) is 0.172. The third-order valence-electron chi connectivity index (χ3n) is 7.46. The third kappa shape index (κ3) is 5.86. The highest BCUT2D eigenvalue weighted by atomic mass is 32.2. The van der Waals surface area contributed by atoms with E-state index >= 15 is 0 Å². The van der Waals surface area contributed by atoms with Crippen LogP contribution in [-0.2, 0) is 24.3 Å². The third-order valence-corrected chi connectivity index (χ3v) is 9.51. The van der Waals surface area contributed by atoms with E-state index in [4.69, 9.17) is 4.98 Å². The van der Waals surface area contributed by atoms with Crippen LogP contribution in [0.15, 0.2) is 82.7 Å². The zero-order chi connectivity index (χ0) is 28.5. The smallest absolute Gasteiger partial charge is 0.267 e. The van der Waals surface area contributed by atoms with Gasteiger partial charge < -0.3 is 5.32 Å². The van der Waals surface area contributed by atoms with Crippen molar-refractivity contribution in [3.8, 4) is 5.69 Å². The van der Waals surface area contributed by atoms with E-state index < -0.39 is 0 Å². The van der Waals surface area contributed by atoms with Crippen LogP contribution in [0.1, 0.15) is 32.7 Å². The highest BCUT2D eigenvalue weighted by molar-refractivity contribution is 7.99. The van der Waals surface area contributed by atoms with Gasteiger partial charge in [-0.25, -0.2) is 4.98 Å². The molecule has 8 heteroatoms. The van der Waals surface area contributed by atoms with Gasteiger partial charge in [-0.1, -0.05) is 71.9 Å². The molecule has 6 nitrogen and oxygen atoms in total. The average molecular weight is 581 g/mol. The SMILES string of the molecule is Cc1ccc(-n2c(SCC(=O)Nc3cc(C)ccc3C)nc3sc4c(c3c2=O)CCN(Cc2ccccc2)C4)cc1. The van der Waals surface area contributed by atoms with Gasteiger partial charge in [0.15, 0.2) is 5.16 Å². The molecule has 0 unspecified atom stereocenters. The fraction of sp³-hybridized carbons (Fsp3) is 0.242. The summed E-state index contributed by atoms with van der Waals surface area (Å²) in [5.41, 5.74) is 7.12. The van der Waals surface area contributed by atoms with Gasteiger partial charge in [0, 0.05) is 30.2 Å². The van der Waals surface area contributed by atoms with Crippen LogP contribution < -0.4 is 10.9 Å². The van der Waals surface area contributed by atoms with E-state index in [1.165, 1.54) is 22.2 Å². The predicted molar refractivity (Wildman–Crippen MR) is 169 cm³/mol. The Morgan fingerprint density at radius 3 is 2.54 bits per heavy atom. The minimum Gasteiger partial charge on any atom is -0.325 e. The van der Waals surface area contributed by atoms with E-state index in [0.29, 0.717) is 10.5 Å². The Balaban J connectivity index is 1.33. The summed E-state index contributed by atoms with van der Waals surface area (Å²) in [5, 5.41) is 4.27. The first-order valence-electron chi connectivity index (χ1n) is 13.8. The summed E-state index contributed by atoms with van der Waals surface area (Å²) in [6.45, 7) is 8.59. The zero-order valence-corrected chi connectivity index (χ0v) is 25.1. The number of carbonyl (C=O) groups excluding carboxylic acids is 1. The molecule has 2 aromatic heterocycles. The molecule has 0 saturated heterocycles. The predicted octanol–water partition coefficient (Wildman–Crippen LogP) is 6.66. The molecule has 0 saturated carbocycles. The van der Waals surface area contributed by atoms with Gasteiger partial charge in [0.05, 0.1) is 16.8 Å². The first-order chi connectivity index (χ1) is 19.9. The van der Waals surface area contributed by atoms with E-state index in [9.17, 15) is 9.59 Å². The number of nitrogens with zero attached hydrogens (tertiary/aromatic N) is 3. The summed E-state index contributed by atoms with van der Waals surface area (Å²) in [7, 11) is 0. The Bertz CT molecular complexity index is 1790. The fourth-order valence-electron chi connectivity index (χ4n) is 5.26. The van der Waals surface area contributed by atoms with Crippen molar-refractivity contribution in [1.82, 2.24) is 14.5 Å². The molecule has 1 amide bonds. The summed E-state index contributed by atoms with van der Waals surface area (Å²) in [4.78, 5) is 36.5. The molecule has 6 rings (SSSR count). The highest BCUT2D eigenvalue weighted by Crippen LogP contribution is 2.35. The molecule has 0 spiro atoms. The van der Waals surface area contributed by atoms with Gasteiger partial charge >= 0.3 is 0 Å². The number of nitrogens with one attached hydrogen (secondary N) is 1. The van der Waals surface area contributed by atoms with Gasteiger partial charge in [0.25, 0.3) is 5.56 Å². The van der Waals surface area contributed by atoms with Crippen LogP contribution in [0.25, 0.3) is 15.9 Å². The topological polar surface area (TPSA) is 67.2 Å². The number of hydrogen-bond acceptors (Lipinski definition) is 6. The molecule has 3 aromatic carbocycles. The maximum Gasteiger partial charge on any atom is 0.267 e. The summed E-state index contributed by atoms with van der Waals surface area (Å²) >= 11 is 2.91. The lowest BCUT2D eigenvalue weighted by molar-refractivity contribution is -0.113. The molecule has 0 atom stereocenters. The lowest BCUT2D eigenvalue weighted by Gasteiger charge is -2.26. The number of amides is 1. The maximum atomic E-state index is 14.2. The van der Waals surface area contributed by atoms with Gasteiger partial charge in [0.2, 0.25) is 5.91 Å². The van der Waals surface area contributed by atoms with Crippen LogP contribution in [0.5, 0.6) is 0 Å². The average Bonchev–Trinajstić information content (AvgIpc) is 3.33. The minimum atomic E-state index is -0.129. The molecule has 1 aliphatic rings. The van der Waals surface area contributed by atoms with Crippen LogP contribution in [-0.4, -0.2) is 32.7 Å². The molecule has 1 N–H and O–H groups in total. The second-order valence-corrected chi connectivity index (χ2v) is 12.7. The summed E-state index contributed by atoms with van der Waals surface area (Å²) in [6, 6.07) is 24.4. The molecule has 41 heavy (non-hydrogen) atoms. The van der Waals surface area contributed by atoms with Crippen molar-refractivity contribution in [2.24, 2.45) is 0 Å². The van der Waals surface area contributed by atoms with Gasteiger partial charge in [-0.15, -0.1) is 11.3 Å². The van der Waals surface area contributed by atoms with Crippen molar-refractivity contribution < 1.29 is 4.79 Å². The second kappa shape index (κ2) is 11.6. The van der Waals surface area contributed by atoms with Crippen LogP contribution in [0.3, 0.4) is 0 Å². The van der Waals surface area contributed by atoms with E-state index in [2.05, 4.69) is 34.5 Å². The molecule has 1 aliphatic heterocycles. The molecule has 5 aromatic rings. The molecule has 0 aliphatic carbocycles. The Kier molecular flexibility index (Phi) is 7.79. The van der Waals surface area contributed by atoms with Crippen molar-refractivity contribution in [2.75, 3.05) is 17.6 Å². The Morgan fingerprint density at radius 2 is 1.76 bits per heavy atom. The van der Waals surface area contributed by atoms with Crippen molar-refractivity contribution in [3.63, 3.8) is 0 Å². The molecule has 208 valence electrons. The van der Waals surface area contributed by atoms with Crippen LogP contribution in [0.2, 0.25) is 0 Å². The Morgan fingerprint density at radius 1 is 1.00 bits per heavy atom. The number of benzene rings is 3. The van der Waals surface area contributed by atoms with Crippen LogP contribution >= 0.6 is 23.1 Å². The largest absolute Gasteiger partial charge is 0.325 e. The Hall–Kier alpha value is -3.72. The zero-order valence-electron chi connectivity index (χ0n) is 23.4. The second-order valence-electron chi connectivity index (χ2n) is 10.7. The number of thiophene rings is 1. The van der Waals surface area contributed by atoms with Crippen molar-refractivity contribution >= 4 is 44.9 Å². The van der Waals surface area contributed by atoms with Crippen LogP contribution in [0, 0.1) is 20.8 Å². The lowest BCUT2D eigenvalue weighted by Crippen LogP contribution is -2.30. The molecular formula is C33H32N4O2S2. The summed E-state index contributed by atoms with van der Waals surface area (Å²) in [5.74, 6) is 0.0168. The van der Waals surface area contributed by atoms with Crippen molar-refractivity contribution in [1.29, 1.82) is 0 Å². The van der Waals surface area contributed by atoms with E-state index in [0.717, 1.165) is 64.5 Å². The molecule has 0 bridgehead atoms. The number of hydrogen-bond donors (Lipinski definition) is 1.